The SMILES string of the molecule is CN1CCNC(=S)c2cccc(c2)C(=S)NCCN(C)CCNC(=S)c2cccc(c2)C(=S)NCC1. The highest BCUT2D eigenvalue weighted by molar-refractivity contribution is 7.81. The first-order valence-electron chi connectivity index (χ1n) is 12.0. The molecule has 0 amide bonds. The second-order valence-corrected chi connectivity index (χ2v) is 10.4. The molecule has 4 bridgehead atoms. The summed E-state index contributed by atoms with van der Waals surface area (Å²) in [6.45, 7) is 6.46. The van der Waals surface area contributed by atoms with Gasteiger partial charge in [-0.3, -0.25) is 0 Å². The molecule has 2 aromatic carbocycles. The number of benzene rings is 2. The van der Waals surface area contributed by atoms with Crippen LogP contribution in [0.5, 0.6) is 0 Å². The van der Waals surface area contributed by atoms with Crippen LogP contribution in [0.3, 0.4) is 0 Å². The Morgan fingerprint density at radius 1 is 0.500 bits per heavy atom. The predicted octanol–water partition coefficient (Wildman–Crippen LogP) is 2.32. The maximum atomic E-state index is 5.63. The van der Waals surface area contributed by atoms with Crippen molar-refractivity contribution in [3.05, 3.63) is 70.8 Å². The fourth-order valence-corrected chi connectivity index (χ4v) is 4.59. The van der Waals surface area contributed by atoms with Gasteiger partial charge in [0.1, 0.15) is 20.0 Å². The van der Waals surface area contributed by atoms with Crippen LogP contribution in [0, 0.1) is 0 Å². The molecule has 4 N–H and O–H groups in total. The summed E-state index contributed by atoms with van der Waals surface area (Å²) in [6, 6.07) is 16.1. The van der Waals surface area contributed by atoms with Crippen molar-refractivity contribution in [2.75, 3.05) is 66.5 Å². The van der Waals surface area contributed by atoms with E-state index < -0.39 is 0 Å². The largest absolute Gasteiger partial charge is 0.375 e. The Morgan fingerprint density at radius 3 is 1.00 bits per heavy atom. The zero-order chi connectivity index (χ0) is 25.9. The van der Waals surface area contributed by atoms with Crippen molar-refractivity contribution in [1.29, 1.82) is 0 Å². The van der Waals surface area contributed by atoms with Crippen LogP contribution in [-0.2, 0) is 0 Å². The zero-order valence-corrected chi connectivity index (χ0v) is 24.1. The van der Waals surface area contributed by atoms with Crippen molar-refractivity contribution in [1.82, 2.24) is 31.1 Å². The molecular formula is C26H34N6S4. The van der Waals surface area contributed by atoms with Crippen LogP contribution in [0.25, 0.3) is 0 Å². The quantitative estimate of drug-likeness (QED) is 0.363. The summed E-state index contributed by atoms with van der Waals surface area (Å²) in [5, 5.41) is 13.5. The van der Waals surface area contributed by atoms with Gasteiger partial charge in [-0.05, 0) is 26.2 Å². The molecular weight excluding hydrogens is 525 g/mol. The van der Waals surface area contributed by atoms with Crippen LogP contribution in [0.4, 0.5) is 0 Å². The Kier molecular flexibility index (Phi) is 11.6. The van der Waals surface area contributed by atoms with Crippen LogP contribution < -0.4 is 21.3 Å². The Labute approximate surface area is 236 Å². The minimum atomic E-state index is 0.729. The lowest BCUT2D eigenvalue weighted by Crippen LogP contribution is -2.38. The molecule has 1 aliphatic rings. The average molecular weight is 559 g/mol. The molecule has 192 valence electrons. The van der Waals surface area contributed by atoms with E-state index in [1.165, 1.54) is 0 Å². The number of hydrogen-bond donors (Lipinski definition) is 4. The summed E-state index contributed by atoms with van der Waals surface area (Å²) in [7, 11) is 4.18. The minimum Gasteiger partial charge on any atom is -0.375 e. The van der Waals surface area contributed by atoms with Gasteiger partial charge in [-0.1, -0.05) is 85.3 Å². The normalized spacial score (nSPS) is 18.3. The molecule has 0 spiro atoms. The van der Waals surface area contributed by atoms with Gasteiger partial charge in [-0.2, -0.15) is 0 Å². The average Bonchev–Trinajstić information content (AvgIpc) is 2.88. The number of thiocarbonyl (C=S) groups is 4. The lowest BCUT2D eigenvalue weighted by Gasteiger charge is -2.20. The van der Waals surface area contributed by atoms with Gasteiger partial charge in [0.25, 0.3) is 0 Å². The second-order valence-electron chi connectivity index (χ2n) is 8.79. The van der Waals surface area contributed by atoms with E-state index in [-0.39, 0.29) is 0 Å². The topological polar surface area (TPSA) is 54.6 Å². The van der Waals surface area contributed by atoms with E-state index in [1.54, 1.807) is 0 Å². The van der Waals surface area contributed by atoms with Crippen molar-refractivity contribution in [3.63, 3.8) is 0 Å². The van der Waals surface area contributed by atoms with Crippen LogP contribution in [0.1, 0.15) is 22.3 Å². The lowest BCUT2D eigenvalue weighted by atomic mass is 10.1. The third-order valence-electron chi connectivity index (χ3n) is 5.89. The molecule has 0 atom stereocenters. The van der Waals surface area contributed by atoms with Gasteiger partial charge in [-0.25, -0.2) is 0 Å². The highest BCUT2D eigenvalue weighted by atomic mass is 32.1. The summed E-state index contributed by atoms with van der Waals surface area (Å²) in [4.78, 5) is 7.40. The predicted molar refractivity (Wildman–Crippen MR) is 167 cm³/mol. The van der Waals surface area contributed by atoms with Gasteiger partial charge >= 0.3 is 0 Å². The lowest BCUT2D eigenvalue weighted by molar-refractivity contribution is 0.344. The molecule has 2 aromatic rings. The van der Waals surface area contributed by atoms with Gasteiger partial charge in [0.2, 0.25) is 0 Å². The second kappa shape index (κ2) is 14.6. The van der Waals surface area contributed by atoms with E-state index in [2.05, 4.69) is 45.2 Å². The van der Waals surface area contributed by atoms with Crippen LogP contribution in [0.15, 0.2) is 48.5 Å². The molecule has 0 saturated carbocycles. The molecule has 3 rings (SSSR count). The van der Waals surface area contributed by atoms with E-state index in [4.69, 9.17) is 48.9 Å². The molecule has 0 saturated heterocycles. The van der Waals surface area contributed by atoms with Gasteiger partial charge in [0, 0.05) is 74.6 Å². The van der Waals surface area contributed by atoms with Gasteiger partial charge in [0.05, 0.1) is 0 Å². The van der Waals surface area contributed by atoms with E-state index >= 15 is 0 Å². The number of nitrogens with one attached hydrogen (secondary N) is 4. The number of nitrogens with zero attached hydrogens (tertiary/aromatic N) is 2. The Morgan fingerprint density at radius 2 is 0.750 bits per heavy atom. The molecule has 0 radical (unpaired) electrons. The van der Waals surface area contributed by atoms with E-state index in [0.717, 1.165) is 94.6 Å². The van der Waals surface area contributed by atoms with Crippen LogP contribution >= 0.6 is 48.9 Å². The van der Waals surface area contributed by atoms with Crippen LogP contribution in [0.2, 0.25) is 0 Å². The zero-order valence-electron chi connectivity index (χ0n) is 20.8. The fraction of sp³-hybridized carbons (Fsp3) is 0.385. The standard InChI is InChI=1S/C26H34N6S4/c1-31-13-9-27-23(33)19-5-3-7-21(17-19)25(35)29-11-15-32(2)16-12-30-26(36)22-8-4-6-20(18-22)24(34)28-10-14-31/h3-8,17-18H,9-16H2,1-2H3,(H,27,33)(H,28,34)(H,29,35)(H,30,36). The summed E-state index contributed by atoms with van der Waals surface area (Å²) in [5.74, 6) is 0. The summed E-state index contributed by atoms with van der Waals surface area (Å²) < 4.78 is 0. The van der Waals surface area contributed by atoms with Gasteiger partial charge in [0.15, 0.2) is 0 Å². The maximum absolute atomic E-state index is 5.63. The first-order valence-corrected chi connectivity index (χ1v) is 13.7. The fourth-order valence-electron chi connectivity index (χ4n) is 3.68. The third-order valence-corrected chi connectivity index (χ3v) is 7.41. The number of fused-ring (bicyclic) bond motifs is 4. The highest BCUT2D eigenvalue weighted by Crippen LogP contribution is 2.08. The molecule has 6 nitrogen and oxygen atoms in total. The van der Waals surface area contributed by atoms with Gasteiger partial charge < -0.3 is 31.1 Å². The molecule has 0 aliphatic carbocycles. The monoisotopic (exact) mass is 558 g/mol. The smallest absolute Gasteiger partial charge is 0.106 e. The molecule has 0 unspecified atom stereocenters. The third kappa shape index (κ3) is 9.10. The molecule has 10 heteroatoms. The summed E-state index contributed by atoms with van der Waals surface area (Å²) in [5.41, 5.74) is 3.88. The minimum absolute atomic E-state index is 0.729. The highest BCUT2D eigenvalue weighted by Gasteiger charge is 2.09. The van der Waals surface area contributed by atoms with E-state index in [0.29, 0.717) is 0 Å². The first kappa shape index (κ1) is 28.5. The molecule has 1 aliphatic heterocycles. The van der Waals surface area contributed by atoms with Crippen molar-refractivity contribution in [2.45, 2.75) is 0 Å². The molecule has 0 aromatic heterocycles. The van der Waals surface area contributed by atoms with Crippen molar-refractivity contribution in [3.8, 4) is 0 Å². The van der Waals surface area contributed by atoms with Gasteiger partial charge in [-0.15, -0.1) is 0 Å². The van der Waals surface area contributed by atoms with Crippen molar-refractivity contribution in [2.24, 2.45) is 0 Å². The number of rotatable bonds is 0. The molecule has 1 heterocycles. The van der Waals surface area contributed by atoms with E-state index in [1.807, 2.05) is 48.5 Å². The first-order chi connectivity index (χ1) is 17.3. The number of hydrogen-bond acceptors (Lipinski definition) is 6. The van der Waals surface area contributed by atoms with Crippen molar-refractivity contribution >= 4 is 68.8 Å². The summed E-state index contributed by atoms with van der Waals surface area (Å²) >= 11 is 22.5. The summed E-state index contributed by atoms with van der Waals surface area (Å²) in [6.07, 6.45) is 0. The maximum Gasteiger partial charge on any atom is 0.106 e. The Bertz CT molecular complexity index is 930. The van der Waals surface area contributed by atoms with Crippen molar-refractivity contribution < 1.29 is 0 Å². The van der Waals surface area contributed by atoms with Crippen LogP contribution in [-0.4, -0.2) is 96.2 Å². The Balaban J connectivity index is 1.67. The number of likely N-dealkylation sites (N-methyl/N-ethyl adjacent to an activating group) is 2. The van der Waals surface area contributed by atoms with E-state index in [9.17, 15) is 0 Å². The Hall–Kier alpha value is -2.08. The molecule has 0 fully saturated rings. The molecule has 36 heavy (non-hydrogen) atoms.